The fourth-order valence-electron chi connectivity index (χ4n) is 0.844. The Morgan fingerprint density at radius 1 is 1.54 bits per heavy atom. The predicted octanol–water partition coefficient (Wildman–Crippen LogP) is 0.448. The van der Waals surface area contributed by atoms with E-state index in [1.165, 1.54) is 0 Å². The van der Waals surface area contributed by atoms with Crippen molar-refractivity contribution < 1.29 is 19.1 Å². The number of carbonyl (C=O) groups is 1. The molecule has 1 atom stereocenters. The van der Waals surface area contributed by atoms with Crippen LogP contribution >= 0.6 is 7.60 Å². The Morgan fingerprint density at radius 2 is 2.00 bits per heavy atom. The summed E-state index contributed by atoms with van der Waals surface area (Å²) in [6.45, 7) is 6.43. The molecule has 0 fully saturated rings. The summed E-state index contributed by atoms with van der Waals surface area (Å²) in [5, 5.41) is 2.19. The molecule has 0 aromatic carbocycles. The fourth-order valence-corrected chi connectivity index (χ4v) is 1.92. The highest BCUT2D eigenvalue weighted by Crippen LogP contribution is 2.43. The third-order valence-corrected chi connectivity index (χ3v) is 2.92. The molecule has 0 rings (SSSR count). The molecule has 76 valence electrons. The van der Waals surface area contributed by atoms with Gasteiger partial charge in [0.15, 0.2) is 0 Å². The van der Waals surface area contributed by atoms with Crippen molar-refractivity contribution in [2.24, 2.45) is 5.92 Å². The van der Waals surface area contributed by atoms with Crippen molar-refractivity contribution in [3.63, 3.8) is 0 Å². The van der Waals surface area contributed by atoms with Crippen molar-refractivity contribution in [1.82, 2.24) is 5.32 Å². The second kappa shape index (κ2) is 4.56. The van der Waals surface area contributed by atoms with E-state index in [0.29, 0.717) is 0 Å². The molecule has 0 aromatic heterocycles. The second-order valence-corrected chi connectivity index (χ2v) is 4.73. The maximum atomic E-state index is 10.9. The summed E-state index contributed by atoms with van der Waals surface area (Å²) in [6, 6.07) is 0. The van der Waals surface area contributed by atoms with Gasteiger partial charge in [-0.05, 0) is 12.0 Å². The van der Waals surface area contributed by atoms with E-state index in [4.69, 9.17) is 9.79 Å². The van der Waals surface area contributed by atoms with Gasteiger partial charge in [0.25, 0.3) is 0 Å². The number of rotatable bonds is 4. The Kier molecular flexibility index (Phi) is 4.33. The fraction of sp³-hybridized carbons (Fsp3) is 0.571. The molecule has 0 spiro atoms. The van der Waals surface area contributed by atoms with Crippen LogP contribution in [0.5, 0.6) is 0 Å². The van der Waals surface area contributed by atoms with E-state index in [0.717, 1.165) is 6.08 Å². The average molecular weight is 207 g/mol. The number of amides is 1. The van der Waals surface area contributed by atoms with E-state index >= 15 is 0 Å². The SMILES string of the molecule is C=CC(=O)NC(C(C)C)P(=O)(O)O. The first kappa shape index (κ1) is 12.4. The molecule has 0 saturated carbocycles. The summed E-state index contributed by atoms with van der Waals surface area (Å²) in [4.78, 5) is 28.5. The minimum absolute atomic E-state index is 0.329. The molecule has 0 aliphatic heterocycles. The normalized spacial score (nSPS) is 13.9. The minimum atomic E-state index is -4.28. The van der Waals surface area contributed by atoms with Gasteiger partial charge in [0.05, 0.1) is 0 Å². The lowest BCUT2D eigenvalue weighted by atomic mass is 10.2. The van der Waals surface area contributed by atoms with Crippen molar-refractivity contribution in [2.45, 2.75) is 19.6 Å². The highest BCUT2D eigenvalue weighted by molar-refractivity contribution is 7.52. The monoisotopic (exact) mass is 207 g/mol. The highest BCUT2D eigenvalue weighted by atomic mass is 31.2. The van der Waals surface area contributed by atoms with Crippen LogP contribution in [-0.2, 0) is 9.36 Å². The van der Waals surface area contributed by atoms with Crippen molar-refractivity contribution in [1.29, 1.82) is 0 Å². The zero-order valence-corrected chi connectivity index (χ0v) is 8.49. The standard InChI is InChI=1S/C7H14NO4P/c1-4-6(9)8-7(5(2)3)13(10,11)12/h4-5,7H,1H2,2-3H3,(H,8,9)(H2,10,11,12). The molecule has 3 N–H and O–H groups in total. The molecule has 6 heteroatoms. The molecular weight excluding hydrogens is 193 g/mol. The molecular formula is C7H14NO4P. The molecule has 0 heterocycles. The molecule has 1 unspecified atom stereocenters. The van der Waals surface area contributed by atoms with E-state index in [1.54, 1.807) is 13.8 Å². The van der Waals surface area contributed by atoms with Crippen LogP contribution in [0.25, 0.3) is 0 Å². The molecule has 0 bridgehead atoms. The zero-order chi connectivity index (χ0) is 10.6. The van der Waals surface area contributed by atoms with Crippen molar-refractivity contribution in [3.05, 3.63) is 12.7 Å². The van der Waals surface area contributed by atoms with Crippen LogP contribution in [0.2, 0.25) is 0 Å². The first-order chi connectivity index (χ1) is 5.79. The van der Waals surface area contributed by atoms with E-state index < -0.39 is 19.3 Å². The van der Waals surface area contributed by atoms with Crippen molar-refractivity contribution >= 4 is 13.5 Å². The van der Waals surface area contributed by atoms with Crippen LogP contribution in [0, 0.1) is 5.92 Å². The molecule has 0 radical (unpaired) electrons. The van der Waals surface area contributed by atoms with Gasteiger partial charge < -0.3 is 15.1 Å². The van der Waals surface area contributed by atoms with Gasteiger partial charge in [0, 0.05) is 0 Å². The lowest BCUT2D eigenvalue weighted by molar-refractivity contribution is -0.117. The summed E-state index contributed by atoms with van der Waals surface area (Å²) in [7, 11) is -4.28. The molecule has 0 saturated heterocycles. The van der Waals surface area contributed by atoms with Gasteiger partial charge in [-0.25, -0.2) is 0 Å². The number of hydrogen-bond acceptors (Lipinski definition) is 2. The topological polar surface area (TPSA) is 86.6 Å². The zero-order valence-electron chi connectivity index (χ0n) is 7.60. The summed E-state index contributed by atoms with van der Waals surface area (Å²) in [6.07, 6.45) is 0.977. The summed E-state index contributed by atoms with van der Waals surface area (Å²) >= 11 is 0. The summed E-state index contributed by atoms with van der Waals surface area (Å²) < 4.78 is 10.9. The Morgan fingerprint density at radius 3 is 2.23 bits per heavy atom. The van der Waals surface area contributed by atoms with Gasteiger partial charge in [0.2, 0.25) is 5.91 Å². The van der Waals surface area contributed by atoms with E-state index in [2.05, 4.69) is 11.9 Å². The first-order valence-corrected chi connectivity index (χ1v) is 5.45. The third kappa shape index (κ3) is 4.22. The lowest BCUT2D eigenvalue weighted by Gasteiger charge is -2.22. The highest BCUT2D eigenvalue weighted by Gasteiger charge is 2.32. The maximum Gasteiger partial charge on any atom is 0.347 e. The van der Waals surface area contributed by atoms with Gasteiger partial charge in [-0.1, -0.05) is 20.4 Å². The van der Waals surface area contributed by atoms with Gasteiger partial charge in [-0.3, -0.25) is 9.36 Å². The number of nitrogens with one attached hydrogen (secondary N) is 1. The maximum absolute atomic E-state index is 10.9. The Bertz CT molecular complexity index is 245. The van der Waals surface area contributed by atoms with Crippen molar-refractivity contribution in [3.8, 4) is 0 Å². The van der Waals surface area contributed by atoms with Crippen LogP contribution in [0.3, 0.4) is 0 Å². The van der Waals surface area contributed by atoms with Gasteiger partial charge in [0.1, 0.15) is 5.78 Å². The van der Waals surface area contributed by atoms with Gasteiger partial charge in [-0.2, -0.15) is 0 Å². The van der Waals surface area contributed by atoms with E-state index in [-0.39, 0.29) is 5.92 Å². The lowest BCUT2D eigenvalue weighted by Crippen LogP contribution is -2.37. The number of carbonyl (C=O) groups excluding carboxylic acids is 1. The minimum Gasteiger partial charge on any atom is -0.338 e. The van der Waals surface area contributed by atoms with E-state index in [9.17, 15) is 9.36 Å². The third-order valence-electron chi connectivity index (χ3n) is 1.47. The van der Waals surface area contributed by atoms with Gasteiger partial charge >= 0.3 is 7.60 Å². The van der Waals surface area contributed by atoms with Crippen LogP contribution in [0.4, 0.5) is 0 Å². The largest absolute Gasteiger partial charge is 0.347 e. The van der Waals surface area contributed by atoms with Crippen LogP contribution in [-0.4, -0.2) is 21.5 Å². The van der Waals surface area contributed by atoms with E-state index in [1.807, 2.05) is 0 Å². The molecule has 0 aliphatic rings. The summed E-state index contributed by atoms with van der Waals surface area (Å²) in [5.41, 5.74) is 0. The predicted molar refractivity (Wildman–Crippen MR) is 49.0 cm³/mol. The van der Waals surface area contributed by atoms with Crippen LogP contribution in [0.1, 0.15) is 13.8 Å². The molecule has 5 nitrogen and oxygen atoms in total. The average Bonchev–Trinajstić information content (AvgIpc) is 1.96. The Balaban J connectivity index is 4.55. The Hall–Kier alpha value is -0.640. The second-order valence-electron chi connectivity index (χ2n) is 2.99. The van der Waals surface area contributed by atoms with Crippen molar-refractivity contribution in [2.75, 3.05) is 0 Å². The molecule has 0 aromatic rings. The van der Waals surface area contributed by atoms with Gasteiger partial charge in [-0.15, -0.1) is 0 Å². The molecule has 13 heavy (non-hydrogen) atoms. The smallest absolute Gasteiger partial charge is 0.338 e. The first-order valence-electron chi connectivity index (χ1n) is 3.77. The van der Waals surface area contributed by atoms with Crippen LogP contribution < -0.4 is 5.32 Å². The Labute approximate surface area is 77.0 Å². The quantitative estimate of drug-likeness (QED) is 0.461. The molecule has 1 amide bonds. The number of hydrogen-bond donors (Lipinski definition) is 3. The summed E-state index contributed by atoms with van der Waals surface area (Å²) in [5.74, 6) is -2.05. The van der Waals surface area contributed by atoms with Crippen LogP contribution in [0.15, 0.2) is 12.7 Å². The molecule has 0 aliphatic carbocycles.